The van der Waals surface area contributed by atoms with Crippen molar-refractivity contribution in [3.8, 4) is 0 Å². The van der Waals surface area contributed by atoms with Gasteiger partial charge in [-0.25, -0.2) is 4.98 Å². The number of aromatic nitrogens is 3. The van der Waals surface area contributed by atoms with Crippen LogP contribution in [0, 0.1) is 0 Å². The van der Waals surface area contributed by atoms with Gasteiger partial charge in [-0.3, -0.25) is 14.6 Å². The number of nitrogens with zero attached hydrogens (tertiary/aromatic N) is 4. The second kappa shape index (κ2) is 11.6. The van der Waals surface area contributed by atoms with Gasteiger partial charge in [0.25, 0.3) is 5.91 Å². The summed E-state index contributed by atoms with van der Waals surface area (Å²) in [4.78, 5) is 36.4. The van der Waals surface area contributed by atoms with Crippen LogP contribution in [0.3, 0.4) is 0 Å². The molecule has 3 aromatic rings. The van der Waals surface area contributed by atoms with Crippen molar-refractivity contribution in [1.82, 2.24) is 24.8 Å². The smallest absolute Gasteiger partial charge is 0.251 e. The molecule has 2 amide bonds. The van der Waals surface area contributed by atoms with Gasteiger partial charge in [-0.05, 0) is 57.4 Å². The molecule has 0 saturated carbocycles. The molecule has 0 fully saturated rings. The van der Waals surface area contributed by atoms with E-state index in [1.54, 1.807) is 24.5 Å². The van der Waals surface area contributed by atoms with Crippen LogP contribution in [0.5, 0.6) is 0 Å². The lowest BCUT2D eigenvalue weighted by atomic mass is 10.1. The van der Waals surface area contributed by atoms with E-state index in [1.807, 2.05) is 33.7 Å². The molecule has 1 aromatic carbocycles. The molecule has 2 aromatic heterocycles. The van der Waals surface area contributed by atoms with Gasteiger partial charge in [0.1, 0.15) is 12.4 Å². The molecule has 7 nitrogen and oxygen atoms in total. The predicted octanol–water partition coefficient (Wildman–Crippen LogP) is 4.22. The number of rotatable bonds is 11. The maximum Gasteiger partial charge on any atom is 0.251 e. The number of amides is 2. The average Bonchev–Trinajstić information content (AvgIpc) is 3.19. The van der Waals surface area contributed by atoms with Crippen molar-refractivity contribution in [1.29, 1.82) is 0 Å². The zero-order valence-corrected chi connectivity index (χ0v) is 20.1. The minimum absolute atomic E-state index is 0.112. The monoisotopic (exact) mass is 449 g/mol. The first kappa shape index (κ1) is 24.4. The van der Waals surface area contributed by atoms with Crippen LogP contribution in [0.15, 0.2) is 48.8 Å². The Morgan fingerprint density at radius 3 is 2.36 bits per heavy atom. The Balaban J connectivity index is 1.72. The Morgan fingerprint density at radius 1 is 1.03 bits per heavy atom. The fourth-order valence-electron chi connectivity index (χ4n) is 4.08. The van der Waals surface area contributed by atoms with Crippen LogP contribution in [0.4, 0.5) is 0 Å². The van der Waals surface area contributed by atoms with Gasteiger partial charge >= 0.3 is 0 Å². The van der Waals surface area contributed by atoms with Crippen LogP contribution < -0.4 is 5.32 Å². The lowest BCUT2D eigenvalue weighted by Gasteiger charge is -2.34. The van der Waals surface area contributed by atoms with Gasteiger partial charge in [-0.15, -0.1) is 0 Å². The Bertz CT molecular complexity index is 1050. The Hall–Kier alpha value is -3.22. The van der Waals surface area contributed by atoms with E-state index >= 15 is 0 Å². The number of imidazole rings is 1. The number of carbonyl (C=O) groups excluding carboxylic acids is 2. The molecule has 2 heterocycles. The van der Waals surface area contributed by atoms with Gasteiger partial charge in [0, 0.05) is 43.0 Å². The molecule has 1 N–H and O–H groups in total. The second-order valence-electron chi connectivity index (χ2n) is 8.51. The lowest BCUT2D eigenvalue weighted by molar-refractivity contribution is -0.136. The summed E-state index contributed by atoms with van der Waals surface area (Å²) < 4.78 is 2.04. The molecule has 0 aliphatic rings. The van der Waals surface area contributed by atoms with Crippen LogP contribution >= 0.6 is 0 Å². The molecule has 33 heavy (non-hydrogen) atoms. The van der Waals surface area contributed by atoms with Gasteiger partial charge in [0.15, 0.2) is 0 Å². The Kier molecular flexibility index (Phi) is 8.58. The summed E-state index contributed by atoms with van der Waals surface area (Å²) in [6.07, 6.45) is 6.46. The summed E-state index contributed by atoms with van der Waals surface area (Å²) in [5, 5.41) is 2.95. The second-order valence-corrected chi connectivity index (χ2v) is 8.51. The standard InChI is InChI=1S/C26H35N5O2/c1-5-19(3)31(20(4)6-2)25(32)18-30-23-11-8-7-10-22(23)29-24(30)12-9-15-28-26(33)21-13-16-27-17-14-21/h7-8,10-11,13-14,16-17,19-20H,5-6,9,12,15,18H2,1-4H3,(H,28,33). The molecular weight excluding hydrogens is 414 g/mol. The van der Waals surface area contributed by atoms with E-state index in [0.717, 1.165) is 36.1 Å². The number of fused-ring (bicyclic) bond motifs is 1. The van der Waals surface area contributed by atoms with Crippen molar-refractivity contribution in [2.75, 3.05) is 6.54 Å². The largest absolute Gasteiger partial charge is 0.352 e. The van der Waals surface area contributed by atoms with E-state index in [2.05, 4.69) is 38.0 Å². The fourth-order valence-corrected chi connectivity index (χ4v) is 4.08. The zero-order chi connectivity index (χ0) is 23.8. The SMILES string of the molecule is CCC(C)N(C(=O)Cn1c(CCCNC(=O)c2ccncc2)nc2ccccc21)C(C)CC. The third-order valence-electron chi connectivity index (χ3n) is 6.25. The highest BCUT2D eigenvalue weighted by Gasteiger charge is 2.25. The molecule has 0 aliphatic heterocycles. The molecule has 7 heteroatoms. The highest BCUT2D eigenvalue weighted by atomic mass is 16.2. The average molecular weight is 450 g/mol. The van der Waals surface area contributed by atoms with Gasteiger partial charge in [-0.2, -0.15) is 0 Å². The molecule has 0 spiro atoms. The zero-order valence-electron chi connectivity index (χ0n) is 20.1. The molecule has 0 saturated heterocycles. The molecule has 176 valence electrons. The van der Waals surface area contributed by atoms with E-state index in [9.17, 15) is 9.59 Å². The summed E-state index contributed by atoms with van der Waals surface area (Å²) >= 11 is 0. The Morgan fingerprint density at radius 2 is 1.70 bits per heavy atom. The normalized spacial score (nSPS) is 13.0. The van der Waals surface area contributed by atoms with Crippen LogP contribution in [0.2, 0.25) is 0 Å². The molecule has 0 aliphatic carbocycles. The third-order valence-corrected chi connectivity index (χ3v) is 6.25. The van der Waals surface area contributed by atoms with Crippen molar-refractivity contribution in [2.24, 2.45) is 0 Å². The number of aryl methyl sites for hydroxylation is 1. The number of carbonyl (C=O) groups is 2. The predicted molar refractivity (Wildman–Crippen MR) is 131 cm³/mol. The van der Waals surface area contributed by atoms with Crippen molar-refractivity contribution in [2.45, 2.75) is 72.0 Å². The maximum absolute atomic E-state index is 13.4. The summed E-state index contributed by atoms with van der Waals surface area (Å²) in [7, 11) is 0. The fraction of sp³-hybridized carbons (Fsp3) is 0.462. The number of pyridine rings is 1. The van der Waals surface area contributed by atoms with E-state index in [4.69, 9.17) is 4.98 Å². The number of benzene rings is 1. The molecule has 2 unspecified atom stereocenters. The van der Waals surface area contributed by atoms with Gasteiger partial charge in [0.05, 0.1) is 11.0 Å². The third kappa shape index (κ3) is 5.97. The number of hydrogen-bond donors (Lipinski definition) is 1. The molecule has 0 radical (unpaired) electrons. The maximum atomic E-state index is 13.4. The topological polar surface area (TPSA) is 80.1 Å². The minimum Gasteiger partial charge on any atom is -0.352 e. The van der Waals surface area contributed by atoms with Crippen molar-refractivity contribution < 1.29 is 9.59 Å². The summed E-state index contributed by atoms with van der Waals surface area (Å²) in [6, 6.07) is 11.7. The van der Waals surface area contributed by atoms with Crippen LogP contribution in [-0.4, -0.2) is 49.9 Å². The van der Waals surface area contributed by atoms with Crippen molar-refractivity contribution in [3.63, 3.8) is 0 Å². The Labute approximate surface area is 196 Å². The number of para-hydroxylation sites is 2. The van der Waals surface area contributed by atoms with E-state index < -0.39 is 0 Å². The van der Waals surface area contributed by atoms with Crippen molar-refractivity contribution >= 4 is 22.8 Å². The highest BCUT2D eigenvalue weighted by molar-refractivity contribution is 5.93. The molecular formula is C26H35N5O2. The van der Waals surface area contributed by atoms with Crippen LogP contribution in [0.1, 0.15) is 63.1 Å². The quantitative estimate of drug-likeness (QED) is 0.445. The summed E-state index contributed by atoms with van der Waals surface area (Å²) in [6.45, 7) is 9.26. The van der Waals surface area contributed by atoms with Gasteiger partial charge < -0.3 is 14.8 Å². The van der Waals surface area contributed by atoms with E-state index in [0.29, 0.717) is 18.5 Å². The molecule has 0 bridgehead atoms. The van der Waals surface area contributed by atoms with E-state index in [1.165, 1.54) is 0 Å². The first-order valence-electron chi connectivity index (χ1n) is 11.9. The number of nitrogens with one attached hydrogen (secondary N) is 1. The first-order valence-corrected chi connectivity index (χ1v) is 11.9. The molecule has 3 rings (SSSR count). The van der Waals surface area contributed by atoms with Crippen LogP contribution in [0.25, 0.3) is 11.0 Å². The van der Waals surface area contributed by atoms with Crippen LogP contribution in [-0.2, 0) is 17.8 Å². The number of hydrogen-bond acceptors (Lipinski definition) is 4. The minimum atomic E-state index is -0.112. The van der Waals surface area contributed by atoms with Gasteiger partial charge in [0.2, 0.25) is 5.91 Å². The highest BCUT2D eigenvalue weighted by Crippen LogP contribution is 2.19. The first-order chi connectivity index (χ1) is 16.0. The summed E-state index contributed by atoms with van der Waals surface area (Å²) in [5.41, 5.74) is 2.45. The van der Waals surface area contributed by atoms with Crippen molar-refractivity contribution in [3.05, 3.63) is 60.2 Å². The van der Waals surface area contributed by atoms with Gasteiger partial charge in [-0.1, -0.05) is 26.0 Å². The molecule has 2 atom stereocenters. The lowest BCUT2D eigenvalue weighted by Crippen LogP contribution is -2.45. The summed E-state index contributed by atoms with van der Waals surface area (Å²) in [5.74, 6) is 0.879. The van der Waals surface area contributed by atoms with E-state index in [-0.39, 0.29) is 30.4 Å².